The van der Waals surface area contributed by atoms with Crippen LogP contribution in [0.2, 0.25) is 0 Å². The van der Waals surface area contributed by atoms with E-state index in [0.717, 1.165) is 28.0 Å². The van der Waals surface area contributed by atoms with Gasteiger partial charge in [-0.15, -0.1) is 0 Å². The molecule has 5 aromatic carbocycles. The number of hydrogen-bond acceptors (Lipinski definition) is 4. The summed E-state index contributed by atoms with van der Waals surface area (Å²) in [5.41, 5.74) is 3.41. The first-order valence-corrected chi connectivity index (χ1v) is 12.7. The van der Waals surface area contributed by atoms with E-state index < -0.39 is 24.1 Å². The molecule has 0 spiro atoms. The minimum Gasteiger partial charge on any atom is -0.454 e. The Morgan fingerprint density at radius 1 is 0.514 bits per heavy atom. The van der Waals surface area contributed by atoms with Gasteiger partial charge < -0.3 is 9.47 Å². The summed E-state index contributed by atoms with van der Waals surface area (Å²) in [7, 11) is 0. The lowest BCUT2D eigenvalue weighted by Gasteiger charge is -2.32. The molecule has 0 aromatic heterocycles. The highest BCUT2D eigenvalue weighted by molar-refractivity contribution is 6.05. The lowest BCUT2D eigenvalue weighted by Crippen LogP contribution is -2.39. The van der Waals surface area contributed by atoms with Crippen LogP contribution in [-0.2, 0) is 9.47 Å². The molecule has 0 radical (unpaired) electrons. The van der Waals surface area contributed by atoms with E-state index in [9.17, 15) is 9.59 Å². The summed E-state index contributed by atoms with van der Waals surface area (Å²) >= 11 is 0. The summed E-state index contributed by atoms with van der Waals surface area (Å²) in [5.74, 6) is -0.799. The van der Waals surface area contributed by atoms with Crippen molar-refractivity contribution in [2.45, 2.75) is 30.5 Å². The molecule has 2 bridgehead atoms. The number of carbonyl (C=O) groups excluding carboxylic acids is 2. The first-order valence-electron chi connectivity index (χ1n) is 12.7. The third kappa shape index (κ3) is 3.52. The van der Waals surface area contributed by atoms with Crippen molar-refractivity contribution in [1.82, 2.24) is 0 Å². The summed E-state index contributed by atoms with van der Waals surface area (Å²) in [5, 5.41) is 3.66. The SMILES string of the molecule is O=C(O[C@@H]1C2CC(c3ccccc32)[C@@H]1OC(=O)c1cccc2ccccc12)c1cccc2ccccc12. The predicted octanol–water partition coefficient (Wildman–Crippen LogP) is 7.03. The monoisotopic (exact) mass is 484 g/mol. The fourth-order valence-corrected chi connectivity index (χ4v) is 6.27. The van der Waals surface area contributed by atoms with E-state index in [-0.39, 0.29) is 11.8 Å². The zero-order valence-electron chi connectivity index (χ0n) is 20.0. The first kappa shape index (κ1) is 21.8. The Morgan fingerprint density at radius 2 is 0.919 bits per heavy atom. The van der Waals surface area contributed by atoms with Crippen molar-refractivity contribution < 1.29 is 19.1 Å². The minimum atomic E-state index is -0.551. The van der Waals surface area contributed by atoms with Crippen LogP contribution >= 0.6 is 0 Å². The summed E-state index contributed by atoms with van der Waals surface area (Å²) in [6.07, 6.45) is -0.309. The van der Waals surface area contributed by atoms with Gasteiger partial charge in [-0.05, 0) is 51.2 Å². The number of rotatable bonds is 4. The van der Waals surface area contributed by atoms with E-state index in [0.29, 0.717) is 11.1 Å². The maximum atomic E-state index is 13.5. The first-order chi connectivity index (χ1) is 18.2. The van der Waals surface area contributed by atoms with E-state index in [1.165, 1.54) is 11.1 Å². The third-order valence-electron chi connectivity index (χ3n) is 7.93. The van der Waals surface area contributed by atoms with Gasteiger partial charge in [-0.3, -0.25) is 0 Å². The van der Waals surface area contributed by atoms with E-state index in [2.05, 4.69) is 12.1 Å². The van der Waals surface area contributed by atoms with Gasteiger partial charge in [0.05, 0.1) is 11.1 Å². The summed E-state index contributed by atoms with van der Waals surface area (Å²) in [4.78, 5) is 27.0. The molecule has 7 rings (SSSR count). The van der Waals surface area contributed by atoms with Gasteiger partial charge in [-0.2, -0.15) is 0 Å². The molecule has 0 heterocycles. The number of esters is 2. The van der Waals surface area contributed by atoms with Gasteiger partial charge in [0.1, 0.15) is 12.2 Å². The van der Waals surface area contributed by atoms with Gasteiger partial charge >= 0.3 is 11.9 Å². The molecule has 4 heteroatoms. The van der Waals surface area contributed by atoms with E-state index in [1.54, 1.807) is 12.1 Å². The quantitative estimate of drug-likeness (QED) is 0.257. The summed E-state index contributed by atoms with van der Waals surface area (Å²) in [6, 6.07) is 35.1. The standard InChI is InChI=1S/C33H24O4/c34-32(26-17-7-11-20-9-1-3-13-22(20)26)36-30-28-19-29(25-16-6-5-15-24(25)28)31(30)37-33(35)27-18-8-12-21-10-2-4-14-23(21)27/h1-18,28-31H,19H2/t28?,29?,30-,31+. The lowest BCUT2D eigenvalue weighted by atomic mass is 9.87. The van der Waals surface area contributed by atoms with Crippen molar-refractivity contribution in [3.8, 4) is 0 Å². The Kier molecular flexibility index (Phi) is 5.07. The molecule has 0 saturated heterocycles. The highest BCUT2D eigenvalue weighted by Gasteiger charge is 2.55. The van der Waals surface area contributed by atoms with Crippen molar-refractivity contribution >= 4 is 33.5 Å². The molecule has 4 atom stereocenters. The number of hydrogen-bond donors (Lipinski definition) is 0. The molecule has 2 unspecified atom stereocenters. The van der Waals surface area contributed by atoms with Crippen LogP contribution in [0.4, 0.5) is 0 Å². The molecule has 2 aliphatic carbocycles. The van der Waals surface area contributed by atoms with Crippen LogP contribution in [0.1, 0.15) is 50.1 Å². The minimum absolute atomic E-state index is 0.00885. The molecule has 1 saturated carbocycles. The van der Waals surface area contributed by atoms with Crippen molar-refractivity contribution in [3.05, 3.63) is 131 Å². The van der Waals surface area contributed by atoms with Crippen LogP contribution in [0.5, 0.6) is 0 Å². The molecule has 0 N–H and O–H groups in total. The third-order valence-corrected chi connectivity index (χ3v) is 7.93. The van der Waals surface area contributed by atoms with Gasteiger partial charge in [0, 0.05) is 11.8 Å². The Morgan fingerprint density at radius 3 is 1.41 bits per heavy atom. The Labute approximate surface area is 214 Å². The van der Waals surface area contributed by atoms with Crippen LogP contribution in [0.25, 0.3) is 21.5 Å². The molecular weight excluding hydrogens is 460 g/mol. The van der Waals surface area contributed by atoms with Gasteiger partial charge in [0.2, 0.25) is 0 Å². The van der Waals surface area contributed by atoms with Crippen LogP contribution in [-0.4, -0.2) is 24.1 Å². The second-order valence-electron chi connectivity index (χ2n) is 9.87. The van der Waals surface area contributed by atoms with Crippen molar-refractivity contribution in [3.63, 3.8) is 0 Å². The number of ether oxygens (including phenoxy) is 2. The molecule has 180 valence electrons. The molecule has 2 aliphatic rings. The largest absolute Gasteiger partial charge is 0.454 e. The predicted molar refractivity (Wildman–Crippen MR) is 143 cm³/mol. The molecule has 37 heavy (non-hydrogen) atoms. The average Bonchev–Trinajstić information content (AvgIpc) is 3.49. The number of benzene rings is 5. The topological polar surface area (TPSA) is 52.6 Å². The Balaban J connectivity index is 1.24. The average molecular weight is 485 g/mol. The fourth-order valence-electron chi connectivity index (χ4n) is 6.27. The van der Waals surface area contributed by atoms with E-state index in [4.69, 9.17) is 9.47 Å². The Bertz CT molecular complexity index is 1550. The highest BCUT2D eigenvalue weighted by atomic mass is 16.6. The zero-order chi connectivity index (χ0) is 24.9. The molecular formula is C33H24O4. The lowest BCUT2D eigenvalue weighted by molar-refractivity contribution is -0.0346. The van der Waals surface area contributed by atoms with Gasteiger partial charge in [-0.1, -0.05) is 97.1 Å². The molecule has 1 fully saturated rings. The van der Waals surface area contributed by atoms with E-state index in [1.807, 2.05) is 84.9 Å². The van der Waals surface area contributed by atoms with Crippen LogP contribution in [0, 0.1) is 0 Å². The van der Waals surface area contributed by atoms with Crippen LogP contribution in [0.3, 0.4) is 0 Å². The van der Waals surface area contributed by atoms with Gasteiger partial charge in [0.15, 0.2) is 0 Å². The summed E-state index contributed by atoms with van der Waals surface area (Å²) < 4.78 is 12.4. The molecule has 0 amide bonds. The second-order valence-corrected chi connectivity index (χ2v) is 9.87. The molecule has 5 aromatic rings. The number of carbonyl (C=O) groups is 2. The Hall–Kier alpha value is -4.44. The van der Waals surface area contributed by atoms with Gasteiger partial charge in [0.25, 0.3) is 0 Å². The maximum absolute atomic E-state index is 13.5. The van der Waals surface area contributed by atoms with Crippen molar-refractivity contribution in [2.75, 3.05) is 0 Å². The van der Waals surface area contributed by atoms with Crippen molar-refractivity contribution in [1.29, 1.82) is 0 Å². The molecule has 0 aliphatic heterocycles. The normalized spacial score (nSPS) is 21.6. The second kappa shape index (κ2) is 8.59. The maximum Gasteiger partial charge on any atom is 0.339 e. The summed E-state index contributed by atoms with van der Waals surface area (Å²) in [6.45, 7) is 0. The van der Waals surface area contributed by atoms with E-state index >= 15 is 0 Å². The fraction of sp³-hybridized carbons (Fsp3) is 0.152. The smallest absolute Gasteiger partial charge is 0.339 e. The van der Waals surface area contributed by atoms with Crippen LogP contribution in [0.15, 0.2) is 109 Å². The van der Waals surface area contributed by atoms with Crippen molar-refractivity contribution in [2.24, 2.45) is 0 Å². The zero-order valence-corrected chi connectivity index (χ0v) is 20.0. The van der Waals surface area contributed by atoms with Crippen LogP contribution < -0.4 is 0 Å². The highest BCUT2D eigenvalue weighted by Crippen LogP contribution is 2.55. The van der Waals surface area contributed by atoms with Gasteiger partial charge in [-0.25, -0.2) is 9.59 Å². The molecule has 4 nitrogen and oxygen atoms in total. The number of fused-ring (bicyclic) bond motifs is 7.